The molecule has 14 heteroatoms. The molecule has 0 heterocycles. The molecule has 0 saturated carbocycles. The number of nitrogens with one attached hydrogen (secondary N) is 2. The summed E-state index contributed by atoms with van der Waals surface area (Å²) in [4.78, 5) is 11.5. The number of hydrogen-bond acceptors (Lipinski definition) is 9. The largest absolute Gasteiger partial charge is 0.461 e. The third-order valence-electron chi connectivity index (χ3n) is 5.96. The van der Waals surface area contributed by atoms with E-state index in [4.69, 9.17) is 19.4 Å². The van der Waals surface area contributed by atoms with E-state index in [1.807, 2.05) is 0 Å². The van der Waals surface area contributed by atoms with Crippen LogP contribution in [0.4, 0.5) is 8.78 Å². The lowest BCUT2D eigenvalue weighted by atomic mass is 10.1. The SMILES string of the molecule is C=C(/C=C(\C)O/C(=C(\C)C(O)NC)c1ccc(F)cc1)N(CCOCCOCc1ccc(F)c(C(=O)NO)c1)S(C)(=O)=O. The van der Waals surface area contributed by atoms with Gasteiger partial charge in [0.15, 0.2) is 0 Å². The van der Waals surface area contributed by atoms with Crippen molar-refractivity contribution in [3.63, 3.8) is 0 Å². The average molecular weight is 626 g/mol. The minimum absolute atomic E-state index is 0.00870. The Morgan fingerprint density at radius 1 is 1.09 bits per heavy atom. The van der Waals surface area contributed by atoms with E-state index in [0.29, 0.717) is 16.7 Å². The molecule has 1 atom stereocenters. The summed E-state index contributed by atoms with van der Waals surface area (Å²) in [7, 11) is -2.18. The molecule has 1 amide bonds. The number of hydrogen-bond donors (Lipinski definition) is 4. The molecule has 0 aliphatic heterocycles. The van der Waals surface area contributed by atoms with Crippen LogP contribution in [0.2, 0.25) is 0 Å². The second-order valence-electron chi connectivity index (χ2n) is 9.31. The van der Waals surface area contributed by atoms with E-state index in [1.54, 1.807) is 20.9 Å². The molecule has 4 N–H and O–H groups in total. The van der Waals surface area contributed by atoms with E-state index >= 15 is 0 Å². The van der Waals surface area contributed by atoms with Crippen molar-refractivity contribution in [2.75, 3.05) is 39.7 Å². The fraction of sp³-hybridized carbons (Fsp3) is 0.345. The summed E-state index contributed by atoms with van der Waals surface area (Å²) in [5, 5.41) is 21.7. The van der Waals surface area contributed by atoms with Crippen LogP contribution in [0, 0.1) is 11.6 Å². The number of ether oxygens (including phenoxy) is 3. The summed E-state index contributed by atoms with van der Waals surface area (Å²) >= 11 is 0. The van der Waals surface area contributed by atoms with Crippen LogP contribution in [0.25, 0.3) is 5.76 Å². The van der Waals surface area contributed by atoms with Crippen molar-refractivity contribution in [2.45, 2.75) is 26.7 Å². The van der Waals surface area contributed by atoms with Crippen molar-refractivity contribution in [1.82, 2.24) is 15.1 Å². The summed E-state index contributed by atoms with van der Waals surface area (Å²) in [6.45, 7) is 7.32. The van der Waals surface area contributed by atoms with E-state index in [1.165, 1.54) is 48.0 Å². The van der Waals surface area contributed by atoms with Crippen LogP contribution < -0.4 is 10.8 Å². The lowest BCUT2D eigenvalue weighted by molar-refractivity contribution is 0.0390. The van der Waals surface area contributed by atoms with E-state index in [0.717, 1.165) is 16.6 Å². The van der Waals surface area contributed by atoms with Gasteiger partial charge in [-0.15, -0.1) is 0 Å². The standard InChI is InChI=1S/C29H37F2N3O8S/c1-19(16-20(2)42-27(21(3)28(35)32-4)23-7-9-24(30)10-8-23)34(43(5,38)39)12-13-40-14-15-41-18-22-6-11-26(31)25(17-22)29(36)33-37/h6-11,16-17,28,32,35,37H,1,12-15,18H2,2-5H3,(H,33,36)/b20-16+,27-21+. The van der Waals surface area contributed by atoms with Crippen molar-refractivity contribution in [3.05, 3.63) is 100 Å². The van der Waals surface area contributed by atoms with E-state index in [-0.39, 0.29) is 55.8 Å². The molecule has 0 saturated heterocycles. The molecule has 0 aliphatic rings. The van der Waals surface area contributed by atoms with Gasteiger partial charge in [0.05, 0.1) is 44.8 Å². The zero-order valence-electron chi connectivity index (χ0n) is 24.4. The third kappa shape index (κ3) is 11.2. The fourth-order valence-corrected chi connectivity index (χ4v) is 4.67. The Kier molecular flexibility index (Phi) is 13.9. The number of amides is 1. The van der Waals surface area contributed by atoms with Crippen LogP contribution in [0.1, 0.15) is 35.3 Å². The summed E-state index contributed by atoms with van der Waals surface area (Å²) in [5.41, 5.74) is 2.56. The smallest absolute Gasteiger partial charge is 0.277 e. The summed E-state index contributed by atoms with van der Waals surface area (Å²) in [6.07, 6.45) is 1.39. The van der Waals surface area contributed by atoms with Gasteiger partial charge in [0.2, 0.25) is 10.0 Å². The van der Waals surface area contributed by atoms with Crippen LogP contribution in [-0.4, -0.2) is 74.8 Å². The van der Waals surface area contributed by atoms with Gasteiger partial charge in [-0.3, -0.25) is 19.6 Å². The van der Waals surface area contributed by atoms with Gasteiger partial charge >= 0.3 is 0 Å². The van der Waals surface area contributed by atoms with Gasteiger partial charge < -0.3 is 19.3 Å². The Labute approximate surface area is 250 Å². The van der Waals surface area contributed by atoms with Crippen LogP contribution in [-0.2, 0) is 30.8 Å². The Bertz CT molecular complexity index is 1430. The zero-order valence-corrected chi connectivity index (χ0v) is 25.2. The molecule has 0 fully saturated rings. The number of nitrogens with zero attached hydrogens (tertiary/aromatic N) is 1. The lowest BCUT2D eigenvalue weighted by Crippen LogP contribution is -2.32. The van der Waals surface area contributed by atoms with Crippen molar-refractivity contribution >= 4 is 21.7 Å². The van der Waals surface area contributed by atoms with Gasteiger partial charge in [-0.2, -0.15) is 0 Å². The number of sulfonamides is 1. The van der Waals surface area contributed by atoms with Gasteiger partial charge in [0, 0.05) is 16.8 Å². The Balaban J connectivity index is 1.97. The number of likely N-dealkylation sites (N-methyl/N-ethyl adjacent to an activating group) is 1. The highest BCUT2D eigenvalue weighted by atomic mass is 32.2. The summed E-state index contributed by atoms with van der Waals surface area (Å²) in [6, 6.07) is 9.26. The van der Waals surface area contributed by atoms with Gasteiger partial charge in [0.1, 0.15) is 29.4 Å². The van der Waals surface area contributed by atoms with E-state index < -0.39 is 33.8 Å². The molecule has 0 aliphatic carbocycles. The highest BCUT2D eigenvalue weighted by molar-refractivity contribution is 7.88. The average Bonchev–Trinajstić information content (AvgIpc) is 2.96. The predicted octanol–water partition coefficient (Wildman–Crippen LogP) is 3.28. The molecule has 2 aromatic rings. The lowest BCUT2D eigenvalue weighted by Gasteiger charge is -2.23. The molecule has 0 spiro atoms. The predicted molar refractivity (Wildman–Crippen MR) is 156 cm³/mol. The van der Waals surface area contributed by atoms with E-state index in [2.05, 4.69) is 11.9 Å². The normalized spacial score (nSPS) is 13.3. The van der Waals surface area contributed by atoms with Gasteiger partial charge in [-0.1, -0.05) is 12.6 Å². The van der Waals surface area contributed by atoms with Gasteiger partial charge in [-0.25, -0.2) is 22.7 Å². The number of allylic oxidation sites excluding steroid dienone is 2. The quantitative estimate of drug-likeness (QED) is 0.0520. The number of halogens is 2. The maximum Gasteiger partial charge on any atom is 0.277 e. The number of rotatable bonds is 17. The minimum Gasteiger partial charge on any atom is -0.461 e. The van der Waals surface area contributed by atoms with Gasteiger partial charge in [-0.05, 0) is 68.9 Å². The highest BCUT2D eigenvalue weighted by Gasteiger charge is 2.19. The number of carbonyl (C=O) groups excluding carboxylic acids is 1. The third-order valence-corrected chi connectivity index (χ3v) is 7.18. The maximum atomic E-state index is 13.7. The van der Waals surface area contributed by atoms with E-state index in [9.17, 15) is 27.1 Å². The molecule has 11 nitrogen and oxygen atoms in total. The number of aliphatic hydroxyl groups is 1. The molecular formula is C29H37F2N3O8S. The first-order valence-electron chi connectivity index (χ1n) is 13.0. The Hall–Kier alpha value is -3.66. The Morgan fingerprint density at radius 3 is 2.35 bits per heavy atom. The maximum absolute atomic E-state index is 13.7. The van der Waals surface area contributed by atoms with Crippen LogP contribution in [0.5, 0.6) is 0 Å². The monoisotopic (exact) mass is 625 g/mol. The highest BCUT2D eigenvalue weighted by Crippen LogP contribution is 2.26. The second kappa shape index (κ2) is 16.8. The van der Waals surface area contributed by atoms with Crippen molar-refractivity contribution in [2.24, 2.45) is 0 Å². The first-order chi connectivity index (χ1) is 20.3. The number of hydroxylamine groups is 1. The van der Waals surface area contributed by atoms with Crippen LogP contribution in [0.15, 0.2) is 72.1 Å². The Morgan fingerprint density at radius 2 is 1.74 bits per heavy atom. The number of aliphatic hydroxyl groups excluding tert-OH is 1. The first-order valence-corrected chi connectivity index (χ1v) is 14.9. The molecular weight excluding hydrogens is 588 g/mol. The molecule has 0 bridgehead atoms. The summed E-state index contributed by atoms with van der Waals surface area (Å²) < 4.78 is 70.1. The van der Waals surface area contributed by atoms with Gasteiger partial charge in [0.25, 0.3) is 5.91 Å². The van der Waals surface area contributed by atoms with Crippen LogP contribution in [0.3, 0.4) is 0 Å². The second-order valence-corrected chi connectivity index (χ2v) is 11.2. The number of benzene rings is 2. The molecule has 2 aromatic carbocycles. The fourth-order valence-electron chi connectivity index (χ4n) is 3.78. The van der Waals surface area contributed by atoms with Crippen molar-refractivity contribution in [1.29, 1.82) is 0 Å². The topological polar surface area (TPSA) is 147 Å². The molecule has 43 heavy (non-hydrogen) atoms. The number of carbonyl (C=O) groups is 1. The summed E-state index contributed by atoms with van der Waals surface area (Å²) in [5.74, 6) is -1.70. The molecule has 2 rings (SSSR count). The molecule has 1 unspecified atom stereocenters. The molecule has 0 radical (unpaired) electrons. The minimum atomic E-state index is -3.74. The zero-order chi connectivity index (χ0) is 32.2. The first kappa shape index (κ1) is 35.5. The van der Waals surface area contributed by atoms with Crippen molar-refractivity contribution < 1.29 is 46.5 Å². The molecule has 236 valence electrons. The van der Waals surface area contributed by atoms with Crippen molar-refractivity contribution in [3.8, 4) is 0 Å². The molecule has 0 aromatic heterocycles. The van der Waals surface area contributed by atoms with Crippen LogP contribution >= 0.6 is 0 Å².